The maximum Gasteiger partial charge on any atom is 0.277 e. The number of nitrogens with one attached hydrogen (secondary N) is 2. The van der Waals surface area contributed by atoms with Gasteiger partial charge in [0.05, 0.1) is 0 Å². The summed E-state index contributed by atoms with van der Waals surface area (Å²) < 4.78 is 0. The minimum Gasteiger partial charge on any atom is -0.305 e. The summed E-state index contributed by atoms with van der Waals surface area (Å²) in [4.78, 5) is 16.2. The largest absolute Gasteiger partial charge is 0.305 e. The molecule has 0 unspecified atom stereocenters. The molecule has 0 radical (unpaired) electrons. The molecule has 0 spiro atoms. The lowest BCUT2D eigenvalue weighted by Crippen LogP contribution is -2.16. The van der Waals surface area contributed by atoms with Crippen molar-refractivity contribution in [3.05, 3.63) is 41.3 Å². The third-order valence-electron chi connectivity index (χ3n) is 3.18. The van der Waals surface area contributed by atoms with Crippen molar-refractivity contribution in [2.24, 2.45) is 0 Å². The molecule has 5 nitrogen and oxygen atoms in total. The molecule has 0 saturated carbocycles. The second-order valence-electron chi connectivity index (χ2n) is 4.41. The molecule has 2 heterocycles. The minimum absolute atomic E-state index is 0.187. The molecule has 1 amide bonds. The van der Waals surface area contributed by atoms with E-state index in [1.165, 1.54) is 0 Å². The lowest BCUT2D eigenvalue weighted by atomic mass is 9.96. The number of amides is 1. The summed E-state index contributed by atoms with van der Waals surface area (Å²) in [6.07, 6.45) is 5.85. The van der Waals surface area contributed by atoms with Gasteiger partial charge in [-0.15, -0.1) is 0 Å². The topological polar surface area (TPSA) is 70.7 Å². The van der Waals surface area contributed by atoms with Crippen LogP contribution in [0.15, 0.2) is 24.4 Å². The highest BCUT2D eigenvalue weighted by Gasteiger charge is 2.21. The zero-order valence-corrected chi connectivity index (χ0v) is 9.94. The summed E-state index contributed by atoms with van der Waals surface area (Å²) in [5.41, 5.74) is 2.68. The van der Waals surface area contributed by atoms with Crippen molar-refractivity contribution in [2.45, 2.75) is 25.7 Å². The Labute approximate surface area is 105 Å². The number of carbonyl (C=O) groups is 1. The molecule has 0 atom stereocenters. The van der Waals surface area contributed by atoms with Gasteiger partial charge in [-0.1, -0.05) is 6.07 Å². The molecule has 2 aromatic rings. The first-order valence-corrected chi connectivity index (χ1v) is 6.13. The van der Waals surface area contributed by atoms with Crippen LogP contribution in [0.2, 0.25) is 0 Å². The van der Waals surface area contributed by atoms with Gasteiger partial charge in [0.15, 0.2) is 5.69 Å². The second-order valence-corrected chi connectivity index (χ2v) is 4.41. The molecule has 0 bridgehead atoms. The first-order chi connectivity index (χ1) is 8.84. The molecule has 0 aliphatic heterocycles. The SMILES string of the molecule is O=C(Nc1ccccn1)c1n[nH]c2c1CCCC2. The van der Waals surface area contributed by atoms with Crippen molar-refractivity contribution in [3.63, 3.8) is 0 Å². The molecule has 5 heteroatoms. The Bertz CT molecular complexity index is 562. The zero-order chi connectivity index (χ0) is 12.4. The van der Waals surface area contributed by atoms with Crippen LogP contribution in [0.4, 0.5) is 5.82 Å². The molecule has 18 heavy (non-hydrogen) atoms. The molecule has 0 fully saturated rings. The van der Waals surface area contributed by atoms with Crippen molar-refractivity contribution >= 4 is 11.7 Å². The Morgan fingerprint density at radius 3 is 3.00 bits per heavy atom. The van der Waals surface area contributed by atoms with E-state index in [9.17, 15) is 4.79 Å². The average Bonchev–Trinajstić information content (AvgIpc) is 2.84. The number of rotatable bonds is 2. The van der Waals surface area contributed by atoms with Gasteiger partial charge in [0.1, 0.15) is 5.82 Å². The molecule has 92 valence electrons. The summed E-state index contributed by atoms with van der Waals surface area (Å²) in [6, 6.07) is 5.41. The fourth-order valence-corrected chi connectivity index (χ4v) is 2.28. The predicted molar refractivity (Wildman–Crippen MR) is 67.4 cm³/mol. The molecule has 0 aromatic carbocycles. The van der Waals surface area contributed by atoms with Crippen molar-refractivity contribution in [1.82, 2.24) is 15.2 Å². The van der Waals surface area contributed by atoms with Gasteiger partial charge in [0.25, 0.3) is 5.91 Å². The van der Waals surface area contributed by atoms with Gasteiger partial charge >= 0.3 is 0 Å². The van der Waals surface area contributed by atoms with E-state index in [0.717, 1.165) is 36.9 Å². The van der Waals surface area contributed by atoms with Crippen LogP contribution < -0.4 is 5.32 Å². The van der Waals surface area contributed by atoms with Crippen LogP contribution in [-0.4, -0.2) is 21.1 Å². The van der Waals surface area contributed by atoms with Crippen molar-refractivity contribution in [2.75, 3.05) is 5.32 Å². The van der Waals surface area contributed by atoms with E-state index in [1.807, 2.05) is 12.1 Å². The number of H-pyrrole nitrogens is 1. The van der Waals surface area contributed by atoms with Crippen LogP contribution >= 0.6 is 0 Å². The third kappa shape index (κ3) is 1.99. The average molecular weight is 242 g/mol. The first-order valence-electron chi connectivity index (χ1n) is 6.13. The lowest BCUT2D eigenvalue weighted by molar-refractivity contribution is 0.102. The quantitative estimate of drug-likeness (QED) is 0.845. The van der Waals surface area contributed by atoms with Crippen LogP contribution in [0.1, 0.15) is 34.6 Å². The Balaban J connectivity index is 1.83. The maximum atomic E-state index is 12.1. The maximum absolute atomic E-state index is 12.1. The molecule has 2 N–H and O–H groups in total. The highest BCUT2D eigenvalue weighted by Crippen LogP contribution is 2.22. The zero-order valence-electron chi connectivity index (χ0n) is 9.94. The molecule has 0 saturated heterocycles. The van der Waals surface area contributed by atoms with E-state index in [1.54, 1.807) is 12.3 Å². The molecule has 1 aliphatic rings. The molecule has 1 aliphatic carbocycles. The number of fused-ring (bicyclic) bond motifs is 1. The van der Waals surface area contributed by atoms with E-state index < -0.39 is 0 Å². The Morgan fingerprint density at radius 2 is 2.17 bits per heavy atom. The van der Waals surface area contributed by atoms with E-state index in [4.69, 9.17) is 0 Å². The summed E-state index contributed by atoms with van der Waals surface area (Å²) >= 11 is 0. The summed E-state index contributed by atoms with van der Waals surface area (Å²) in [6.45, 7) is 0. The smallest absolute Gasteiger partial charge is 0.277 e. The van der Waals surface area contributed by atoms with Crippen LogP contribution in [0.25, 0.3) is 0 Å². The van der Waals surface area contributed by atoms with E-state index in [2.05, 4.69) is 20.5 Å². The highest BCUT2D eigenvalue weighted by molar-refractivity contribution is 6.03. The molecular formula is C13H14N4O. The number of hydrogen-bond donors (Lipinski definition) is 2. The summed E-state index contributed by atoms with van der Waals surface area (Å²) in [5, 5.41) is 9.85. The molecular weight excluding hydrogens is 228 g/mol. The first kappa shape index (κ1) is 11.0. The van der Waals surface area contributed by atoms with Gasteiger partial charge in [0.2, 0.25) is 0 Å². The van der Waals surface area contributed by atoms with Gasteiger partial charge in [0, 0.05) is 17.5 Å². The van der Waals surface area contributed by atoms with Crippen molar-refractivity contribution < 1.29 is 4.79 Å². The third-order valence-corrected chi connectivity index (χ3v) is 3.18. The lowest BCUT2D eigenvalue weighted by Gasteiger charge is -2.10. The number of carbonyl (C=O) groups excluding carboxylic acids is 1. The van der Waals surface area contributed by atoms with E-state index in [-0.39, 0.29) is 5.91 Å². The number of nitrogens with zero attached hydrogens (tertiary/aromatic N) is 2. The second kappa shape index (κ2) is 4.60. The van der Waals surface area contributed by atoms with Gasteiger partial charge in [-0.2, -0.15) is 5.10 Å². The van der Waals surface area contributed by atoms with Crippen LogP contribution in [0.3, 0.4) is 0 Å². The Kier molecular flexibility index (Phi) is 2.80. The van der Waals surface area contributed by atoms with Crippen LogP contribution in [0, 0.1) is 0 Å². The Morgan fingerprint density at radius 1 is 1.28 bits per heavy atom. The molecule has 2 aromatic heterocycles. The molecule has 3 rings (SSSR count). The van der Waals surface area contributed by atoms with Gasteiger partial charge in [-0.05, 0) is 37.8 Å². The standard InChI is InChI=1S/C13H14N4O/c18-13(15-11-7-3-4-8-14-11)12-9-5-1-2-6-10(9)16-17-12/h3-4,7-8H,1-2,5-6H2,(H,16,17)(H,14,15,18). The van der Waals surface area contributed by atoms with Crippen LogP contribution in [-0.2, 0) is 12.8 Å². The number of anilines is 1. The summed E-state index contributed by atoms with van der Waals surface area (Å²) in [5.74, 6) is 0.364. The number of hydrogen-bond acceptors (Lipinski definition) is 3. The monoisotopic (exact) mass is 242 g/mol. The van der Waals surface area contributed by atoms with E-state index in [0.29, 0.717) is 11.5 Å². The minimum atomic E-state index is -0.187. The van der Waals surface area contributed by atoms with Gasteiger partial charge < -0.3 is 5.32 Å². The highest BCUT2D eigenvalue weighted by atomic mass is 16.2. The Hall–Kier alpha value is -2.17. The number of pyridine rings is 1. The van der Waals surface area contributed by atoms with Crippen LogP contribution in [0.5, 0.6) is 0 Å². The number of aryl methyl sites for hydroxylation is 1. The number of aromatic amines is 1. The van der Waals surface area contributed by atoms with Gasteiger partial charge in [-0.25, -0.2) is 4.98 Å². The normalized spacial score (nSPS) is 14.0. The fraction of sp³-hybridized carbons (Fsp3) is 0.308. The fourth-order valence-electron chi connectivity index (χ4n) is 2.28. The van der Waals surface area contributed by atoms with Crippen molar-refractivity contribution in [3.8, 4) is 0 Å². The predicted octanol–water partition coefficient (Wildman–Crippen LogP) is 1.94. The van der Waals surface area contributed by atoms with E-state index >= 15 is 0 Å². The number of aromatic nitrogens is 3. The summed E-state index contributed by atoms with van der Waals surface area (Å²) in [7, 11) is 0. The van der Waals surface area contributed by atoms with Crippen molar-refractivity contribution in [1.29, 1.82) is 0 Å². The van der Waals surface area contributed by atoms with Gasteiger partial charge in [-0.3, -0.25) is 9.89 Å².